The van der Waals surface area contributed by atoms with Gasteiger partial charge in [0.25, 0.3) is 5.91 Å². The number of thiophene rings is 1. The van der Waals surface area contributed by atoms with E-state index >= 15 is 0 Å². The number of urea groups is 1. The van der Waals surface area contributed by atoms with Crippen molar-refractivity contribution >= 4 is 45.2 Å². The summed E-state index contributed by atoms with van der Waals surface area (Å²) in [4.78, 5) is 51.1. The molecule has 3 aromatic rings. The van der Waals surface area contributed by atoms with Crippen LogP contribution in [0.2, 0.25) is 0 Å². The van der Waals surface area contributed by atoms with Crippen LogP contribution in [0.25, 0.3) is 10.2 Å². The van der Waals surface area contributed by atoms with Gasteiger partial charge in [-0.05, 0) is 28.6 Å². The lowest BCUT2D eigenvalue weighted by Gasteiger charge is -2.35. The minimum atomic E-state index is -0.543. The smallest absolute Gasteiger partial charge is 0.342 e. The van der Waals surface area contributed by atoms with Gasteiger partial charge in [-0.3, -0.25) is 19.8 Å². The summed E-state index contributed by atoms with van der Waals surface area (Å²) >= 11 is 1.63. The molecule has 6 rings (SSSR count). The van der Waals surface area contributed by atoms with Gasteiger partial charge < -0.3 is 4.90 Å². The zero-order valence-electron chi connectivity index (χ0n) is 18.4. The molecule has 2 aromatic heterocycles. The molecule has 174 valence electrons. The Morgan fingerprint density at radius 1 is 0.971 bits per heavy atom. The molecular formula is C23H23N7O3S. The molecule has 2 fully saturated rings. The Kier molecular flexibility index (Phi) is 5.15. The lowest BCUT2D eigenvalue weighted by molar-refractivity contribution is -0.123. The maximum absolute atomic E-state index is 12.9. The highest BCUT2D eigenvalue weighted by atomic mass is 32.1. The van der Waals surface area contributed by atoms with E-state index in [1.54, 1.807) is 17.7 Å². The van der Waals surface area contributed by atoms with Crippen molar-refractivity contribution in [1.29, 1.82) is 0 Å². The summed E-state index contributed by atoms with van der Waals surface area (Å²) in [5, 5.41) is 8.21. The number of hydrogen-bond acceptors (Lipinski definition) is 8. The highest BCUT2D eigenvalue weighted by Gasteiger charge is 2.37. The minimum Gasteiger partial charge on any atom is -0.353 e. The van der Waals surface area contributed by atoms with Crippen LogP contribution in [0.3, 0.4) is 0 Å². The van der Waals surface area contributed by atoms with Crippen LogP contribution in [0.15, 0.2) is 36.0 Å². The third-order valence-electron chi connectivity index (χ3n) is 6.60. The first-order chi connectivity index (χ1) is 16.6. The van der Waals surface area contributed by atoms with Crippen LogP contribution in [-0.4, -0.2) is 75.5 Å². The Morgan fingerprint density at radius 2 is 1.82 bits per heavy atom. The van der Waals surface area contributed by atoms with Crippen molar-refractivity contribution in [3.8, 4) is 0 Å². The quantitative estimate of drug-likeness (QED) is 0.612. The van der Waals surface area contributed by atoms with E-state index in [4.69, 9.17) is 0 Å². The van der Waals surface area contributed by atoms with E-state index in [-0.39, 0.29) is 24.8 Å². The fourth-order valence-electron chi connectivity index (χ4n) is 4.84. The van der Waals surface area contributed by atoms with Gasteiger partial charge in [0.2, 0.25) is 5.91 Å². The van der Waals surface area contributed by atoms with Crippen molar-refractivity contribution in [1.82, 2.24) is 30.2 Å². The number of fused-ring (bicyclic) bond motifs is 2. The van der Waals surface area contributed by atoms with Crippen molar-refractivity contribution in [2.75, 3.05) is 37.6 Å². The second-order valence-electron chi connectivity index (χ2n) is 8.68. The molecule has 2 saturated heterocycles. The Bertz CT molecular complexity index is 1300. The number of anilines is 1. The van der Waals surface area contributed by atoms with Gasteiger partial charge in [0.05, 0.1) is 18.5 Å². The average Bonchev–Trinajstić information content (AvgIpc) is 3.44. The van der Waals surface area contributed by atoms with E-state index in [9.17, 15) is 14.4 Å². The van der Waals surface area contributed by atoms with Crippen LogP contribution >= 0.6 is 11.3 Å². The molecule has 0 aliphatic carbocycles. The van der Waals surface area contributed by atoms with Crippen molar-refractivity contribution < 1.29 is 14.4 Å². The fourth-order valence-corrected chi connectivity index (χ4v) is 5.57. The molecule has 0 unspecified atom stereocenters. The van der Waals surface area contributed by atoms with Gasteiger partial charge in [-0.2, -0.15) is 0 Å². The molecule has 34 heavy (non-hydrogen) atoms. The third-order valence-corrected chi connectivity index (χ3v) is 7.42. The number of aromatic nitrogens is 2. The Labute approximate surface area is 199 Å². The van der Waals surface area contributed by atoms with E-state index in [0.29, 0.717) is 12.1 Å². The van der Waals surface area contributed by atoms with Crippen molar-refractivity contribution in [3.05, 3.63) is 52.7 Å². The molecule has 0 spiro atoms. The number of imide groups is 1. The molecule has 4 amide bonds. The topological polar surface area (TPSA) is 102 Å². The Hall–Kier alpha value is -3.57. The van der Waals surface area contributed by atoms with Crippen LogP contribution in [0.5, 0.6) is 0 Å². The predicted molar refractivity (Wildman–Crippen MR) is 126 cm³/mol. The second kappa shape index (κ2) is 8.33. The number of carbonyl (C=O) groups is 3. The van der Waals surface area contributed by atoms with Gasteiger partial charge in [-0.25, -0.2) is 24.8 Å². The SMILES string of the molecule is O=C1CCN(N2Cc3cc(CN4CCN(c5ncnc6sccc56)CC4)ccc3C2=O)C(=O)N1. The van der Waals surface area contributed by atoms with Crippen LogP contribution in [0.4, 0.5) is 10.6 Å². The summed E-state index contributed by atoms with van der Waals surface area (Å²) in [7, 11) is 0. The first-order valence-corrected chi connectivity index (χ1v) is 12.2. The highest BCUT2D eigenvalue weighted by molar-refractivity contribution is 7.16. The zero-order chi connectivity index (χ0) is 23.2. The third kappa shape index (κ3) is 3.66. The van der Waals surface area contributed by atoms with Gasteiger partial charge in [-0.1, -0.05) is 12.1 Å². The molecule has 5 heterocycles. The number of benzene rings is 1. The number of rotatable bonds is 4. The van der Waals surface area contributed by atoms with Crippen LogP contribution in [-0.2, 0) is 17.9 Å². The molecule has 0 atom stereocenters. The number of nitrogens with zero attached hydrogens (tertiary/aromatic N) is 6. The van der Waals surface area contributed by atoms with Gasteiger partial charge in [0, 0.05) is 44.7 Å². The van der Waals surface area contributed by atoms with Crippen molar-refractivity contribution in [2.24, 2.45) is 0 Å². The molecule has 3 aliphatic heterocycles. The maximum Gasteiger partial charge on any atom is 0.342 e. The highest BCUT2D eigenvalue weighted by Crippen LogP contribution is 2.29. The number of hydrogen-bond donors (Lipinski definition) is 1. The van der Waals surface area contributed by atoms with E-state index in [2.05, 4.69) is 42.6 Å². The number of hydrazine groups is 1. The van der Waals surface area contributed by atoms with E-state index in [1.807, 2.05) is 12.1 Å². The number of amides is 4. The van der Waals surface area contributed by atoms with E-state index in [1.165, 1.54) is 10.0 Å². The van der Waals surface area contributed by atoms with E-state index < -0.39 is 6.03 Å². The first-order valence-electron chi connectivity index (χ1n) is 11.3. The van der Waals surface area contributed by atoms with Gasteiger partial charge >= 0.3 is 6.03 Å². The average molecular weight is 478 g/mol. The second-order valence-corrected chi connectivity index (χ2v) is 9.58. The summed E-state index contributed by atoms with van der Waals surface area (Å²) in [5.74, 6) is 0.488. The Balaban J connectivity index is 1.10. The van der Waals surface area contributed by atoms with Crippen molar-refractivity contribution in [3.63, 3.8) is 0 Å². The monoisotopic (exact) mass is 477 g/mol. The molecule has 0 bridgehead atoms. The molecule has 1 N–H and O–H groups in total. The molecule has 1 aromatic carbocycles. The van der Waals surface area contributed by atoms with Gasteiger partial charge in [0.1, 0.15) is 17.0 Å². The lowest BCUT2D eigenvalue weighted by atomic mass is 10.1. The summed E-state index contributed by atoms with van der Waals surface area (Å²) < 4.78 is 0. The maximum atomic E-state index is 12.9. The molecule has 3 aliphatic rings. The zero-order valence-corrected chi connectivity index (χ0v) is 19.3. The number of carbonyl (C=O) groups excluding carboxylic acids is 3. The normalized spacial score (nSPS) is 19.2. The Morgan fingerprint density at radius 3 is 2.65 bits per heavy atom. The molecule has 0 saturated carbocycles. The van der Waals surface area contributed by atoms with Gasteiger partial charge in [0.15, 0.2) is 0 Å². The van der Waals surface area contributed by atoms with Crippen molar-refractivity contribution in [2.45, 2.75) is 19.5 Å². The van der Waals surface area contributed by atoms with Crippen LogP contribution in [0, 0.1) is 0 Å². The van der Waals surface area contributed by atoms with E-state index in [0.717, 1.165) is 59.9 Å². The molecule has 11 heteroatoms. The minimum absolute atomic E-state index is 0.191. The van der Waals surface area contributed by atoms with Crippen LogP contribution in [0.1, 0.15) is 27.9 Å². The largest absolute Gasteiger partial charge is 0.353 e. The number of piperazine rings is 1. The fraction of sp³-hybridized carbons (Fsp3) is 0.348. The first kappa shape index (κ1) is 21.0. The summed E-state index contributed by atoms with van der Waals surface area (Å²) in [5.41, 5.74) is 2.66. The lowest BCUT2D eigenvalue weighted by Crippen LogP contribution is -2.56. The predicted octanol–water partition coefficient (Wildman–Crippen LogP) is 1.83. The summed E-state index contributed by atoms with van der Waals surface area (Å²) in [6, 6.07) is 7.45. The molecular weight excluding hydrogens is 454 g/mol. The van der Waals surface area contributed by atoms with Crippen LogP contribution < -0.4 is 10.2 Å². The van der Waals surface area contributed by atoms with Gasteiger partial charge in [-0.15, -0.1) is 11.3 Å². The number of nitrogens with one attached hydrogen (secondary N) is 1. The molecule has 10 nitrogen and oxygen atoms in total. The summed E-state index contributed by atoms with van der Waals surface area (Å²) in [6.07, 6.45) is 1.83. The standard InChI is InChI=1S/C23H23N7O3S/c31-19-3-5-29(23(33)26-19)30-13-16-11-15(1-2-17(16)22(30)32)12-27-6-8-28(9-7-27)20-18-4-10-34-21(18)25-14-24-20/h1-2,4,10-11,14H,3,5-9,12-13H2,(H,26,31,33). The molecule has 0 radical (unpaired) electrons. The summed E-state index contributed by atoms with van der Waals surface area (Å²) in [6.45, 7) is 4.96.